The minimum atomic E-state index is -3.66. The number of aryl methyl sites for hydroxylation is 3. The van der Waals surface area contributed by atoms with E-state index >= 15 is 0 Å². The minimum absolute atomic E-state index is 0.131. The summed E-state index contributed by atoms with van der Waals surface area (Å²) in [5, 5.41) is 0. The smallest absolute Gasteiger partial charge is 0.226 e. The number of nitrogens with zero attached hydrogens (tertiary/aromatic N) is 1. The van der Waals surface area contributed by atoms with E-state index in [1.807, 2.05) is 55.5 Å². The van der Waals surface area contributed by atoms with Crippen molar-refractivity contribution in [1.82, 2.24) is 4.98 Å². The van der Waals surface area contributed by atoms with Crippen LogP contribution in [0.5, 0.6) is 5.75 Å². The number of hydrogen-bond acceptors (Lipinski definition) is 6. The van der Waals surface area contributed by atoms with Gasteiger partial charge in [-0.2, -0.15) is 0 Å². The fraction of sp³-hybridized carbons (Fsp3) is 0.304. The van der Waals surface area contributed by atoms with E-state index in [0.717, 1.165) is 16.7 Å². The molecule has 0 atom stereocenters. The largest absolute Gasteiger partial charge is 0.496 e. The summed E-state index contributed by atoms with van der Waals surface area (Å²) in [5.74, 6) is 0.343. The summed E-state index contributed by atoms with van der Waals surface area (Å²) in [6.07, 6.45) is 0.560. The molecule has 0 unspecified atom stereocenters. The molecule has 0 fully saturated rings. The Bertz CT molecular complexity index is 1150. The number of oxazole rings is 1. The van der Waals surface area contributed by atoms with Crippen molar-refractivity contribution in [2.24, 2.45) is 0 Å². The van der Waals surface area contributed by atoms with Crippen molar-refractivity contribution in [2.45, 2.75) is 32.4 Å². The maximum atomic E-state index is 12.6. The van der Waals surface area contributed by atoms with Gasteiger partial charge in [-0.3, -0.25) is 4.79 Å². The standard InChI is InChI=1S/C23H25NO5S/c1-16-8-4-6-10-20(16)23-24-21(17(2)29-23)15-30(26,27)14-19(25)13-12-18-9-5-7-11-22(18)28-3/h4-11H,12-15H2,1-3H3. The van der Waals surface area contributed by atoms with Crippen LogP contribution in [-0.4, -0.2) is 32.0 Å². The van der Waals surface area contributed by atoms with Crippen molar-refractivity contribution < 1.29 is 22.4 Å². The molecule has 1 heterocycles. The summed E-state index contributed by atoms with van der Waals surface area (Å²) in [5.41, 5.74) is 3.02. The van der Waals surface area contributed by atoms with Gasteiger partial charge in [0.05, 0.1) is 18.6 Å². The number of rotatable bonds is 9. The average Bonchev–Trinajstić information content (AvgIpc) is 3.05. The van der Waals surface area contributed by atoms with Gasteiger partial charge in [-0.25, -0.2) is 13.4 Å². The number of ketones is 1. The van der Waals surface area contributed by atoms with E-state index in [4.69, 9.17) is 9.15 Å². The Hall–Kier alpha value is -2.93. The lowest BCUT2D eigenvalue weighted by molar-refractivity contribution is -0.116. The van der Waals surface area contributed by atoms with E-state index in [9.17, 15) is 13.2 Å². The molecular formula is C23H25NO5S. The highest BCUT2D eigenvalue weighted by Gasteiger charge is 2.22. The van der Waals surface area contributed by atoms with Crippen LogP contribution in [0.1, 0.15) is 29.0 Å². The second-order valence-corrected chi connectivity index (χ2v) is 9.28. The van der Waals surface area contributed by atoms with Crippen LogP contribution in [0.3, 0.4) is 0 Å². The van der Waals surface area contributed by atoms with E-state index in [0.29, 0.717) is 29.5 Å². The number of para-hydroxylation sites is 1. The molecule has 7 heteroatoms. The van der Waals surface area contributed by atoms with E-state index in [-0.39, 0.29) is 18.0 Å². The Balaban J connectivity index is 1.65. The fourth-order valence-electron chi connectivity index (χ4n) is 3.25. The van der Waals surface area contributed by atoms with Crippen LogP contribution in [0.15, 0.2) is 52.9 Å². The molecule has 0 spiro atoms. The molecule has 0 saturated carbocycles. The molecule has 0 aliphatic carbocycles. The van der Waals surface area contributed by atoms with Gasteiger partial charge in [0.1, 0.15) is 23.0 Å². The Morgan fingerprint density at radius 2 is 1.77 bits per heavy atom. The van der Waals surface area contributed by atoms with Gasteiger partial charge in [0.15, 0.2) is 9.84 Å². The molecule has 3 rings (SSSR count). The summed E-state index contributed by atoms with van der Waals surface area (Å²) in [4.78, 5) is 16.7. The summed E-state index contributed by atoms with van der Waals surface area (Å²) < 4.78 is 36.1. The van der Waals surface area contributed by atoms with Crippen molar-refractivity contribution in [3.63, 3.8) is 0 Å². The van der Waals surface area contributed by atoms with E-state index in [2.05, 4.69) is 4.98 Å². The second kappa shape index (κ2) is 9.26. The van der Waals surface area contributed by atoms with Crippen molar-refractivity contribution in [2.75, 3.05) is 12.9 Å². The first-order valence-corrected chi connectivity index (χ1v) is 11.5. The number of ether oxygens (including phenoxy) is 1. The molecule has 0 aliphatic rings. The quantitative estimate of drug-likeness (QED) is 0.511. The van der Waals surface area contributed by atoms with E-state index < -0.39 is 15.6 Å². The summed E-state index contributed by atoms with van der Waals surface area (Å²) >= 11 is 0. The van der Waals surface area contributed by atoms with Crippen molar-refractivity contribution >= 4 is 15.6 Å². The first kappa shape index (κ1) is 21.8. The lowest BCUT2D eigenvalue weighted by Crippen LogP contribution is -2.18. The maximum Gasteiger partial charge on any atom is 0.226 e. The van der Waals surface area contributed by atoms with Crippen LogP contribution in [0.25, 0.3) is 11.5 Å². The number of aromatic nitrogens is 1. The fourth-order valence-corrected chi connectivity index (χ4v) is 4.67. The molecule has 0 bridgehead atoms. The van der Waals surface area contributed by atoms with Crippen molar-refractivity contribution in [3.05, 3.63) is 71.1 Å². The number of benzene rings is 2. The lowest BCUT2D eigenvalue weighted by atomic mass is 10.1. The third kappa shape index (κ3) is 5.36. The van der Waals surface area contributed by atoms with E-state index in [1.165, 1.54) is 0 Å². The first-order chi connectivity index (χ1) is 14.3. The Labute approximate surface area is 176 Å². The topological polar surface area (TPSA) is 86.5 Å². The SMILES string of the molecule is COc1ccccc1CCC(=O)CS(=O)(=O)Cc1nc(-c2ccccc2C)oc1C. The van der Waals surface area contributed by atoms with Crippen LogP contribution in [0.4, 0.5) is 0 Å². The number of carbonyl (C=O) groups excluding carboxylic acids is 1. The van der Waals surface area contributed by atoms with Crippen LogP contribution in [-0.2, 0) is 26.8 Å². The van der Waals surface area contributed by atoms with Crippen molar-refractivity contribution in [1.29, 1.82) is 0 Å². The Kier molecular flexibility index (Phi) is 6.72. The Morgan fingerprint density at radius 3 is 2.50 bits per heavy atom. The third-order valence-electron chi connectivity index (χ3n) is 4.87. The van der Waals surface area contributed by atoms with Crippen LogP contribution in [0, 0.1) is 13.8 Å². The molecule has 1 aromatic heterocycles. The van der Waals surface area contributed by atoms with Gasteiger partial charge in [-0.05, 0) is 43.5 Å². The van der Waals surface area contributed by atoms with E-state index in [1.54, 1.807) is 14.0 Å². The molecule has 3 aromatic rings. The molecule has 30 heavy (non-hydrogen) atoms. The number of sulfone groups is 1. The van der Waals surface area contributed by atoms with Gasteiger partial charge in [-0.15, -0.1) is 0 Å². The van der Waals surface area contributed by atoms with Gasteiger partial charge in [-0.1, -0.05) is 36.4 Å². The van der Waals surface area contributed by atoms with Gasteiger partial charge < -0.3 is 9.15 Å². The number of hydrogen-bond donors (Lipinski definition) is 0. The lowest BCUT2D eigenvalue weighted by Gasteiger charge is -2.07. The predicted octanol–water partition coefficient (Wildman–Crippen LogP) is 4.08. The van der Waals surface area contributed by atoms with Crippen LogP contribution in [0.2, 0.25) is 0 Å². The highest BCUT2D eigenvalue weighted by Crippen LogP contribution is 2.26. The zero-order valence-corrected chi connectivity index (χ0v) is 18.2. The maximum absolute atomic E-state index is 12.6. The van der Waals surface area contributed by atoms with Gasteiger partial charge in [0.2, 0.25) is 5.89 Å². The molecule has 0 saturated heterocycles. The predicted molar refractivity (Wildman–Crippen MR) is 115 cm³/mol. The number of methoxy groups -OCH3 is 1. The Morgan fingerprint density at radius 1 is 1.07 bits per heavy atom. The first-order valence-electron chi connectivity index (χ1n) is 9.65. The van der Waals surface area contributed by atoms with Crippen LogP contribution < -0.4 is 4.74 Å². The van der Waals surface area contributed by atoms with Gasteiger partial charge in [0.25, 0.3) is 0 Å². The highest BCUT2D eigenvalue weighted by molar-refractivity contribution is 7.91. The van der Waals surface area contributed by atoms with Crippen molar-refractivity contribution in [3.8, 4) is 17.2 Å². The average molecular weight is 428 g/mol. The van der Waals surface area contributed by atoms with Crippen LogP contribution >= 0.6 is 0 Å². The molecule has 0 N–H and O–H groups in total. The normalized spacial score (nSPS) is 11.4. The monoisotopic (exact) mass is 427 g/mol. The number of carbonyl (C=O) groups is 1. The summed E-state index contributed by atoms with van der Waals surface area (Å²) in [7, 11) is -2.09. The van der Waals surface area contributed by atoms with Gasteiger partial charge >= 0.3 is 0 Å². The zero-order chi connectivity index (χ0) is 21.7. The third-order valence-corrected chi connectivity index (χ3v) is 6.35. The summed E-state index contributed by atoms with van der Waals surface area (Å²) in [6.45, 7) is 3.62. The number of Topliss-reactive ketones (excluding diaryl/α,β-unsaturated/α-hetero) is 1. The highest BCUT2D eigenvalue weighted by atomic mass is 32.2. The second-order valence-electron chi connectivity index (χ2n) is 7.22. The molecule has 0 radical (unpaired) electrons. The van der Waals surface area contributed by atoms with Gasteiger partial charge in [0, 0.05) is 12.0 Å². The molecule has 0 aliphatic heterocycles. The molecule has 2 aromatic carbocycles. The molecule has 158 valence electrons. The minimum Gasteiger partial charge on any atom is -0.496 e. The molecule has 0 amide bonds. The summed E-state index contributed by atoms with van der Waals surface area (Å²) in [6, 6.07) is 15.0. The molecular weight excluding hydrogens is 402 g/mol. The molecule has 6 nitrogen and oxygen atoms in total. The zero-order valence-electron chi connectivity index (χ0n) is 17.3.